The van der Waals surface area contributed by atoms with E-state index >= 15 is 0 Å². The number of carbonyl (C=O) groups excluding carboxylic acids is 2. The Morgan fingerprint density at radius 1 is 1.20 bits per heavy atom. The summed E-state index contributed by atoms with van der Waals surface area (Å²) in [4.78, 5) is 22.7. The van der Waals surface area contributed by atoms with Gasteiger partial charge in [-0.2, -0.15) is 0 Å². The van der Waals surface area contributed by atoms with E-state index in [1.807, 2.05) is 13.8 Å². The normalized spacial score (nSPS) is 10.9. The molecule has 3 heteroatoms. The quantitative estimate of drug-likeness (QED) is 0.685. The van der Waals surface area contributed by atoms with Crippen LogP contribution in [-0.2, 0) is 9.59 Å². The zero-order chi connectivity index (χ0) is 12.1. The summed E-state index contributed by atoms with van der Waals surface area (Å²) in [5, 5.41) is 2.90. The van der Waals surface area contributed by atoms with Gasteiger partial charge < -0.3 is 5.32 Å². The molecule has 1 amide bonds. The van der Waals surface area contributed by atoms with Crippen molar-refractivity contribution in [3.63, 3.8) is 0 Å². The molecule has 0 aliphatic rings. The Labute approximate surface area is 91.9 Å². The average molecular weight is 211 g/mol. The van der Waals surface area contributed by atoms with Crippen molar-refractivity contribution in [3.8, 4) is 0 Å². The predicted octanol–water partition coefficient (Wildman–Crippen LogP) is 2.22. The molecule has 0 radical (unpaired) electrons. The van der Waals surface area contributed by atoms with Gasteiger partial charge >= 0.3 is 0 Å². The molecule has 1 N–H and O–H groups in total. The molecule has 0 aliphatic heterocycles. The van der Waals surface area contributed by atoms with E-state index in [0.717, 1.165) is 12.8 Å². The Morgan fingerprint density at radius 2 is 1.67 bits per heavy atom. The summed E-state index contributed by atoms with van der Waals surface area (Å²) in [5.74, 6) is -0.0688. The van der Waals surface area contributed by atoms with Gasteiger partial charge in [-0.05, 0) is 26.7 Å². The van der Waals surface area contributed by atoms with Crippen molar-refractivity contribution in [2.45, 2.75) is 52.5 Å². The SMILES string of the molecule is C=C(C)C(=O)NC(CC)(CC)CC(C)=O. The summed E-state index contributed by atoms with van der Waals surface area (Å²) < 4.78 is 0. The highest BCUT2D eigenvalue weighted by molar-refractivity contribution is 5.93. The Morgan fingerprint density at radius 3 is 1.93 bits per heavy atom. The number of nitrogens with one attached hydrogen (secondary N) is 1. The number of hydrogen-bond donors (Lipinski definition) is 1. The fourth-order valence-corrected chi connectivity index (χ4v) is 1.55. The third-order valence-corrected chi connectivity index (χ3v) is 2.71. The van der Waals surface area contributed by atoms with Crippen molar-refractivity contribution in [2.24, 2.45) is 0 Å². The molecular weight excluding hydrogens is 190 g/mol. The van der Waals surface area contributed by atoms with E-state index in [4.69, 9.17) is 0 Å². The molecule has 0 atom stereocenters. The lowest BCUT2D eigenvalue weighted by Crippen LogP contribution is -2.49. The van der Waals surface area contributed by atoms with Crippen molar-refractivity contribution >= 4 is 11.7 Å². The molecule has 15 heavy (non-hydrogen) atoms. The molecule has 0 bridgehead atoms. The van der Waals surface area contributed by atoms with Gasteiger partial charge in [-0.1, -0.05) is 20.4 Å². The largest absolute Gasteiger partial charge is 0.346 e. The number of rotatable bonds is 6. The summed E-state index contributed by atoms with van der Waals surface area (Å²) in [6.45, 7) is 10.8. The Hall–Kier alpha value is -1.12. The smallest absolute Gasteiger partial charge is 0.246 e. The van der Waals surface area contributed by atoms with E-state index in [-0.39, 0.29) is 11.7 Å². The third-order valence-electron chi connectivity index (χ3n) is 2.71. The lowest BCUT2D eigenvalue weighted by atomic mass is 9.87. The minimum atomic E-state index is -0.401. The van der Waals surface area contributed by atoms with Crippen LogP contribution < -0.4 is 5.32 Å². The van der Waals surface area contributed by atoms with Gasteiger partial charge in [0.1, 0.15) is 5.78 Å². The second-order valence-electron chi connectivity index (χ2n) is 4.10. The van der Waals surface area contributed by atoms with Crippen LogP contribution in [0.2, 0.25) is 0 Å². The summed E-state index contributed by atoms with van der Waals surface area (Å²) >= 11 is 0. The zero-order valence-corrected chi connectivity index (χ0v) is 10.1. The van der Waals surface area contributed by atoms with Gasteiger partial charge in [0.25, 0.3) is 0 Å². The number of hydrogen-bond acceptors (Lipinski definition) is 2. The molecule has 0 aromatic carbocycles. The molecule has 0 aromatic heterocycles. The fourth-order valence-electron chi connectivity index (χ4n) is 1.55. The Bertz CT molecular complexity index is 265. The average Bonchev–Trinajstić information content (AvgIpc) is 2.15. The number of carbonyl (C=O) groups is 2. The van der Waals surface area contributed by atoms with E-state index in [2.05, 4.69) is 11.9 Å². The first-order valence-corrected chi connectivity index (χ1v) is 5.34. The van der Waals surface area contributed by atoms with Crippen LogP contribution in [0.1, 0.15) is 47.0 Å². The van der Waals surface area contributed by atoms with E-state index in [9.17, 15) is 9.59 Å². The summed E-state index contributed by atoms with van der Waals surface area (Å²) in [5.41, 5.74) is 0.0758. The van der Waals surface area contributed by atoms with Crippen LogP contribution in [0.5, 0.6) is 0 Å². The van der Waals surface area contributed by atoms with Gasteiger partial charge in [0.05, 0.1) is 0 Å². The van der Waals surface area contributed by atoms with Crippen LogP contribution in [0, 0.1) is 0 Å². The van der Waals surface area contributed by atoms with Crippen LogP contribution >= 0.6 is 0 Å². The monoisotopic (exact) mass is 211 g/mol. The highest BCUT2D eigenvalue weighted by Crippen LogP contribution is 2.20. The zero-order valence-electron chi connectivity index (χ0n) is 10.1. The predicted molar refractivity (Wildman–Crippen MR) is 61.6 cm³/mol. The first kappa shape index (κ1) is 13.9. The molecule has 86 valence electrons. The maximum atomic E-state index is 11.5. The minimum Gasteiger partial charge on any atom is -0.346 e. The summed E-state index contributed by atoms with van der Waals surface area (Å²) in [6.07, 6.45) is 1.89. The highest BCUT2D eigenvalue weighted by Gasteiger charge is 2.29. The lowest BCUT2D eigenvalue weighted by Gasteiger charge is -2.32. The van der Waals surface area contributed by atoms with Crippen LogP contribution in [0.25, 0.3) is 0 Å². The topological polar surface area (TPSA) is 46.2 Å². The van der Waals surface area contributed by atoms with Crippen molar-refractivity contribution < 1.29 is 9.59 Å². The molecule has 0 spiro atoms. The molecular formula is C12H21NO2. The molecule has 0 aromatic rings. The molecule has 0 saturated heterocycles. The van der Waals surface area contributed by atoms with Gasteiger partial charge in [0.2, 0.25) is 5.91 Å². The molecule has 0 saturated carbocycles. The van der Waals surface area contributed by atoms with Crippen LogP contribution in [0.3, 0.4) is 0 Å². The fraction of sp³-hybridized carbons (Fsp3) is 0.667. The molecule has 0 rings (SSSR count). The first-order chi connectivity index (χ1) is 6.87. The van der Waals surface area contributed by atoms with E-state index < -0.39 is 5.54 Å². The van der Waals surface area contributed by atoms with Crippen molar-refractivity contribution in [1.82, 2.24) is 5.32 Å². The molecule has 0 fully saturated rings. The molecule has 0 heterocycles. The third kappa shape index (κ3) is 4.28. The van der Waals surface area contributed by atoms with Gasteiger partial charge in [-0.25, -0.2) is 0 Å². The van der Waals surface area contributed by atoms with Crippen LogP contribution in [0.15, 0.2) is 12.2 Å². The van der Waals surface area contributed by atoms with Gasteiger partial charge in [0, 0.05) is 17.5 Å². The standard InChI is InChI=1S/C12H21NO2/c1-6-12(7-2,8-10(5)14)13-11(15)9(3)4/h3,6-8H2,1-2,4-5H3,(H,13,15). The molecule has 0 unspecified atom stereocenters. The van der Waals surface area contributed by atoms with Crippen molar-refractivity contribution in [2.75, 3.05) is 0 Å². The second-order valence-corrected chi connectivity index (χ2v) is 4.10. The van der Waals surface area contributed by atoms with E-state index in [0.29, 0.717) is 12.0 Å². The van der Waals surface area contributed by atoms with E-state index in [1.54, 1.807) is 13.8 Å². The maximum Gasteiger partial charge on any atom is 0.246 e. The Kier molecular flexibility index (Phi) is 5.26. The first-order valence-electron chi connectivity index (χ1n) is 5.34. The maximum absolute atomic E-state index is 11.5. The number of amides is 1. The lowest BCUT2D eigenvalue weighted by molar-refractivity contribution is -0.121. The summed E-state index contributed by atoms with van der Waals surface area (Å²) in [6, 6.07) is 0. The minimum absolute atomic E-state index is 0.0979. The van der Waals surface area contributed by atoms with Crippen molar-refractivity contribution in [1.29, 1.82) is 0 Å². The Balaban J connectivity index is 4.70. The van der Waals surface area contributed by atoms with Crippen molar-refractivity contribution in [3.05, 3.63) is 12.2 Å². The van der Waals surface area contributed by atoms with Gasteiger partial charge in [-0.15, -0.1) is 0 Å². The van der Waals surface area contributed by atoms with Gasteiger partial charge in [-0.3, -0.25) is 9.59 Å². The highest BCUT2D eigenvalue weighted by atomic mass is 16.2. The number of ketones is 1. The van der Waals surface area contributed by atoms with Gasteiger partial charge in [0.15, 0.2) is 0 Å². The van der Waals surface area contributed by atoms with Crippen LogP contribution in [0.4, 0.5) is 0 Å². The molecule has 3 nitrogen and oxygen atoms in total. The van der Waals surface area contributed by atoms with Crippen LogP contribution in [-0.4, -0.2) is 17.2 Å². The van der Waals surface area contributed by atoms with E-state index in [1.165, 1.54) is 0 Å². The molecule has 0 aliphatic carbocycles. The second kappa shape index (κ2) is 5.69. The number of Topliss-reactive ketones (excluding diaryl/α,β-unsaturated/α-hetero) is 1. The summed E-state index contributed by atoms with van der Waals surface area (Å²) in [7, 11) is 0.